The van der Waals surface area contributed by atoms with Crippen LogP contribution >= 0.6 is 22.9 Å². The number of aliphatic hydroxyl groups is 1. The first kappa shape index (κ1) is 16.9. The SMILES string of the molecule is O=S(=O)(NCC1(O)CCCc2sccc21)c1ccc(F)c(Cl)c1. The molecule has 0 spiro atoms. The zero-order chi connectivity index (χ0) is 16.7. The summed E-state index contributed by atoms with van der Waals surface area (Å²) in [6.07, 6.45) is 2.19. The third kappa shape index (κ3) is 3.29. The average Bonchev–Trinajstić information content (AvgIpc) is 2.99. The van der Waals surface area contributed by atoms with E-state index < -0.39 is 21.4 Å². The second-order valence-corrected chi connectivity index (χ2v) is 8.72. The fourth-order valence-corrected chi connectivity index (χ4v) is 5.13. The van der Waals surface area contributed by atoms with Crippen molar-refractivity contribution in [2.45, 2.75) is 29.8 Å². The lowest BCUT2D eigenvalue weighted by Gasteiger charge is -2.32. The van der Waals surface area contributed by atoms with E-state index in [0.717, 1.165) is 41.5 Å². The third-order valence-electron chi connectivity index (χ3n) is 4.00. The number of hydrogen-bond acceptors (Lipinski definition) is 4. The minimum absolute atomic E-state index is 0.131. The molecule has 1 atom stereocenters. The van der Waals surface area contributed by atoms with Gasteiger partial charge in [0.15, 0.2) is 0 Å². The Balaban J connectivity index is 1.81. The summed E-state index contributed by atoms with van der Waals surface area (Å²) in [5, 5.41) is 12.5. The van der Waals surface area contributed by atoms with Crippen LogP contribution in [0.1, 0.15) is 23.3 Å². The Morgan fingerprint density at radius 2 is 2.17 bits per heavy atom. The molecule has 8 heteroatoms. The van der Waals surface area contributed by atoms with Crippen LogP contribution in [0.4, 0.5) is 4.39 Å². The van der Waals surface area contributed by atoms with Crippen molar-refractivity contribution in [1.82, 2.24) is 4.72 Å². The maximum absolute atomic E-state index is 13.2. The highest BCUT2D eigenvalue weighted by atomic mass is 35.5. The molecule has 0 saturated heterocycles. The minimum atomic E-state index is -3.88. The molecule has 1 unspecified atom stereocenters. The van der Waals surface area contributed by atoms with Gasteiger partial charge >= 0.3 is 0 Å². The molecule has 0 aliphatic heterocycles. The van der Waals surface area contributed by atoms with Crippen LogP contribution in [0, 0.1) is 5.82 Å². The van der Waals surface area contributed by atoms with E-state index in [2.05, 4.69) is 4.72 Å². The van der Waals surface area contributed by atoms with Gasteiger partial charge in [-0.2, -0.15) is 0 Å². The van der Waals surface area contributed by atoms with Gasteiger partial charge in [0.2, 0.25) is 10.0 Å². The van der Waals surface area contributed by atoms with Crippen molar-refractivity contribution in [3.05, 3.63) is 50.9 Å². The number of fused-ring (bicyclic) bond motifs is 1. The van der Waals surface area contributed by atoms with Crippen LogP contribution in [0.25, 0.3) is 0 Å². The van der Waals surface area contributed by atoms with E-state index in [1.165, 1.54) is 0 Å². The molecule has 1 heterocycles. The number of sulfonamides is 1. The summed E-state index contributed by atoms with van der Waals surface area (Å²) in [5.74, 6) is -0.681. The van der Waals surface area contributed by atoms with Gasteiger partial charge in [-0.1, -0.05) is 11.6 Å². The van der Waals surface area contributed by atoms with Gasteiger partial charge in [-0.3, -0.25) is 0 Å². The highest BCUT2D eigenvalue weighted by Gasteiger charge is 2.36. The summed E-state index contributed by atoms with van der Waals surface area (Å²) in [5.41, 5.74) is -0.432. The molecule has 1 aliphatic carbocycles. The Kier molecular flexibility index (Phi) is 4.50. The monoisotopic (exact) mass is 375 g/mol. The minimum Gasteiger partial charge on any atom is -0.384 e. The van der Waals surface area contributed by atoms with E-state index >= 15 is 0 Å². The van der Waals surface area contributed by atoms with Crippen molar-refractivity contribution in [2.24, 2.45) is 0 Å². The molecule has 0 amide bonds. The fourth-order valence-electron chi connectivity index (χ4n) is 2.75. The summed E-state index contributed by atoms with van der Waals surface area (Å²) in [6, 6.07) is 5.04. The van der Waals surface area contributed by atoms with Gasteiger partial charge in [0.05, 0.1) is 9.92 Å². The number of thiophene rings is 1. The predicted octanol–water partition coefficient (Wildman–Crippen LogP) is 3.04. The molecule has 0 fully saturated rings. The maximum atomic E-state index is 13.2. The van der Waals surface area contributed by atoms with Gasteiger partial charge in [-0.15, -0.1) is 11.3 Å². The normalized spacial score (nSPS) is 21.2. The summed E-state index contributed by atoms with van der Waals surface area (Å²) in [7, 11) is -3.88. The first-order valence-electron chi connectivity index (χ1n) is 7.06. The van der Waals surface area contributed by atoms with Gasteiger partial charge in [0.1, 0.15) is 11.4 Å². The number of hydrogen-bond donors (Lipinski definition) is 2. The number of rotatable bonds is 4. The molecule has 1 aliphatic rings. The van der Waals surface area contributed by atoms with Crippen molar-refractivity contribution < 1.29 is 17.9 Å². The van der Waals surface area contributed by atoms with E-state index in [0.29, 0.717) is 6.42 Å². The summed E-state index contributed by atoms with van der Waals surface area (Å²) in [4.78, 5) is 0.955. The summed E-state index contributed by atoms with van der Waals surface area (Å²) < 4.78 is 40.2. The summed E-state index contributed by atoms with van der Waals surface area (Å²) in [6.45, 7) is -0.131. The van der Waals surface area contributed by atoms with Crippen molar-refractivity contribution in [2.75, 3.05) is 6.54 Å². The Hall–Kier alpha value is -0.990. The topological polar surface area (TPSA) is 66.4 Å². The van der Waals surface area contributed by atoms with Crippen LogP contribution in [0.3, 0.4) is 0 Å². The highest BCUT2D eigenvalue weighted by molar-refractivity contribution is 7.89. The highest BCUT2D eigenvalue weighted by Crippen LogP contribution is 2.38. The second kappa shape index (κ2) is 6.14. The molecule has 2 aromatic rings. The van der Waals surface area contributed by atoms with Crippen LogP contribution in [0.2, 0.25) is 5.02 Å². The Morgan fingerprint density at radius 1 is 1.39 bits per heavy atom. The van der Waals surface area contributed by atoms with Gasteiger partial charge in [0.25, 0.3) is 0 Å². The van der Waals surface area contributed by atoms with E-state index in [1.54, 1.807) is 11.3 Å². The number of nitrogens with one attached hydrogen (secondary N) is 1. The number of benzene rings is 1. The zero-order valence-corrected chi connectivity index (χ0v) is 14.4. The van der Waals surface area contributed by atoms with Crippen molar-refractivity contribution in [3.8, 4) is 0 Å². The molecule has 0 saturated carbocycles. The first-order valence-corrected chi connectivity index (χ1v) is 9.80. The Morgan fingerprint density at radius 3 is 2.91 bits per heavy atom. The molecule has 0 radical (unpaired) electrons. The zero-order valence-electron chi connectivity index (χ0n) is 12.1. The molecular weight excluding hydrogens is 361 g/mol. The molecule has 23 heavy (non-hydrogen) atoms. The maximum Gasteiger partial charge on any atom is 0.240 e. The van der Waals surface area contributed by atoms with Crippen LogP contribution < -0.4 is 4.72 Å². The van der Waals surface area contributed by atoms with E-state index in [9.17, 15) is 17.9 Å². The van der Waals surface area contributed by atoms with Gasteiger partial charge in [-0.25, -0.2) is 17.5 Å². The smallest absolute Gasteiger partial charge is 0.240 e. The van der Waals surface area contributed by atoms with Crippen molar-refractivity contribution >= 4 is 33.0 Å². The van der Waals surface area contributed by atoms with Crippen LogP contribution in [-0.4, -0.2) is 20.1 Å². The predicted molar refractivity (Wildman–Crippen MR) is 87.8 cm³/mol. The molecule has 1 aromatic heterocycles. The number of halogens is 2. The second-order valence-electron chi connectivity index (χ2n) is 5.54. The fraction of sp³-hybridized carbons (Fsp3) is 0.333. The average molecular weight is 376 g/mol. The van der Waals surface area contributed by atoms with Crippen LogP contribution in [-0.2, 0) is 22.0 Å². The largest absolute Gasteiger partial charge is 0.384 e. The van der Waals surface area contributed by atoms with Crippen molar-refractivity contribution in [3.63, 3.8) is 0 Å². The molecule has 0 bridgehead atoms. The molecule has 2 N–H and O–H groups in total. The third-order valence-corrected chi connectivity index (χ3v) is 6.67. The molecule has 124 valence electrons. The Bertz CT molecular complexity index is 837. The molecule has 3 rings (SSSR count). The quantitative estimate of drug-likeness (QED) is 0.863. The number of aryl methyl sites for hydroxylation is 1. The van der Waals surface area contributed by atoms with E-state index in [4.69, 9.17) is 11.6 Å². The lowest BCUT2D eigenvalue weighted by atomic mass is 9.83. The lowest BCUT2D eigenvalue weighted by Crippen LogP contribution is -2.42. The van der Waals surface area contributed by atoms with Crippen LogP contribution in [0.15, 0.2) is 34.5 Å². The van der Waals surface area contributed by atoms with Crippen molar-refractivity contribution in [1.29, 1.82) is 0 Å². The van der Waals surface area contributed by atoms with Gasteiger partial charge in [0, 0.05) is 11.4 Å². The van der Waals surface area contributed by atoms with Crippen LogP contribution in [0.5, 0.6) is 0 Å². The summed E-state index contributed by atoms with van der Waals surface area (Å²) >= 11 is 7.20. The molecular formula is C15H15ClFNO3S2. The lowest BCUT2D eigenvalue weighted by molar-refractivity contribution is 0.0252. The molecule has 1 aromatic carbocycles. The van der Waals surface area contributed by atoms with E-state index in [-0.39, 0.29) is 16.5 Å². The first-order chi connectivity index (χ1) is 10.8. The van der Waals surface area contributed by atoms with Gasteiger partial charge < -0.3 is 5.11 Å². The van der Waals surface area contributed by atoms with Gasteiger partial charge in [-0.05, 0) is 54.5 Å². The Labute approximate surface area is 143 Å². The molecule has 4 nitrogen and oxygen atoms in total. The standard InChI is InChI=1S/C15H15ClFNO3S2/c16-12-8-10(3-4-13(12)17)23(20,21)18-9-15(19)6-1-2-14-11(15)5-7-22-14/h3-5,7-8,18-19H,1-2,6,9H2. The van der Waals surface area contributed by atoms with E-state index in [1.807, 2.05) is 11.4 Å².